The number of hydroxylamine groups is 6. The highest BCUT2D eigenvalue weighted by Crippen LogP contribution is 2.65. The lowest BCUT2D eigenvalue weighted by atomic mass is 10.1. The van der Waals surface area contributed by atoms with Crippen LogP contribution in [0.3, 0.4) is 0 Å². The van der Waals surface area contributed by atoms with Crippen LogP contribution in [0, 0.1) is 0 Å². The lowest BCUT2D eigenvalue weighted by Crippen LogP contribution is -2.47. The average molecular weight is 696 g/mol. The van der Waals surface area contributed by atoms with Crippen LogP contribution in [0.4, 0.5) is 0 Å². The number of rotatable bonds is 18. The fourth-order valence-corrected chi connectivity index (χ4v) is 8.48. The molecule has 0 saturated carbocycles. The molecule has 1 saturated heterocycles. The highest BCUT2D eigenvalue weighted by molar-refractivity contribution is 7.61. The van der Waals surface area contributed by atoms with Gasteiger partial charge in [0.15, 0.2) is 6.23 Å². The maximum atomic E-state index is 14.1. The minimum atomic E-state index is -5.08. The zero-order valence-corrected chi connectivity index (χ0v) is 28.9. The van der Waals surface area contributed by atoms with Crippen LogP contribution >= 0.6 is 15.6 Å². The Kier molecular flexibility index (Phi) is 13.2. The molecule has 3 rings (SSSR count). The van der Waals surface area contributed by atoms with Crippen molar-refractivity contribution >= 4 is 15.6 Å². The Hall–Kier alpha value is -2.11. The quantitative estimate of drug-likeness (QED) is 0.116. The first-order valence-corrected chi connectivity index (χ1v) is 18.3. The highest BCUT2D eigenvalue weighted by Gasteiger charge is 2.51. The van der Waals surface area contributed by atoms with E-state index in [1.54, 1.807) is 59.7 Å². The van der Waals surface area contributed by atoms with Crippen molar-refractivity contribution in [2.24, 2.45) is 0 Å². The average Bonchev–Trinajstić information content (AvgIpc) is 3.32. The second-order valence-corrected chi connectivity index (χ2v) is 13.8. The minimum absolute atomic E-state index is 0.154. The van der Waals surface area contributed by atoms with Crippen molar-refractivity contribution < 1.29 is 56.3 Å². The van der Waals surface area contributed by atoms with Crippen molar-refractivity contribution in [3.05, 3.63) is 63.2 Å². The number of aliphatic hydroxyl groups excluding tert-OH is 2. The molecule has 3 heterocycles. The van der Waals surface area contributed by atoms with Gasteiger partial charge in [-0.3, -0.25) is 28.3 Å². The summed E-state index contributed by atoms with van der Waals surface area (Å²) < 4.78 is 56.2. The third kappa shape index (κ3) is 8.86. The van der Waals surface area contributed by atoms with E-state index in [1.165, 1.54) is 6.20 Å². The Morgan fingerprint density at radius 1 is 0.891 bits per heavy atom. The number of phosphoric acid groups is 2. The molecular weight excluding hydrogens is 648 g/mol. The molecule has 0 amide bonds. The van der Waals surface area contributed by atoms with Gasteiger partial charge in [-0.1, -0.05) is 15.3 Å². The Bertz CT molecular complexity index is 1480. The van der Waals surface area contributed by atoms with E-state index in [9.17, 15) is 33.8 Å². The first-order valence-electron chi connectivity index (χ1n) is 15.3. The van der Waals surface area contributed by atoms with E-state index in [0.717, 1.165) is 21.4 Å². The number of quaternary nitrogens is 2. The van der Waals surface area contributed by atoms with E-state index >= 15 is 0 Å². The van der Waals surface area contributed by atoms with Gasteiger partial charge in [0.1, 0.15) is 57.6 Å². The van der Waals surface area contributed by atoms with E-state index < -0.39 is 58.0 Å². The predicted molar refractivity (Wildman–Crippen MR) is 165 cm³/mol. The van der Waals surface area contributed by atoms with Gasteiger partial charge in [0.05, 0.1) is 18.8 Å². The van der Waals surface area contributed by atoms with Crippen molar-refractivity contribution in [3.8, 4) is 0 Å². The maximum absolute atomic E-state index is 14.1. The van der Waals surface area contributed by atoms with Crippen molar-refractivity contribution in [1.29, 1.82) is 0 Å². The molecule has 17 nitrogen and oxygen atoms in total. The first kappa shape index (κ1) is 38.3. The van der Waals surface area contributed by atoms with Gasteiger partial charge in [0.2, 0.25) is 0 Å². The zero-order chi connectivity index (χ0) is 34.3. The SMILES string of the molecule is CC[N+](CC)(CC)OP(=O)(O)OP(=O)(OC[C@H]1O[C@@H](n2ccc(=O)n(Cc3ccccn3)c2=O)[C@@H](O)C1O)O[N+](CC)(CC)CC. The largest absolute Gasteiger partial charge is 0.530 e. The lowest BCUT2D eigenvalue weighted by molar-refractivity contribution is -1.08. The highest BCUT2D eigenvalue weighted by atomic mass is 31.3. The number of aliphatic hydroxyl groups is 2. The Balaban J connectivity index is 1.88. The number of nitrogens with zero attached hydrogens (tertiary/aromatic N) is 5. The van der Waals surface area contributed by atoms with E-state index in [2.05, 4.69) is 4.98 Å². The molecule has 260 valence electrons. The predicted octanol–water partition coefficient (Wildman–Crippen LogP) is 1.93. The number of hydrogen-bond donors (Lipinski definition) is 3. The van der Waals surface area contributed by atoms with Crippen LogP contribution in [0.25, 0.3) is 0 Å². The van der Waals surface area contributed by atoms with Gasteiger partial charge in [-0.15, -0.1) is 0 Å². The number of hydrogen-bond acceptors (Lipinski definition) is 12. The molecule has 0 aromatic carbocycles. The van der Waals surface area contributed by atoms with Crippen LogP contribution in [0.5, 0.6) is 0 Å². The second kappa shape index (κ2) is 15.9. The molecule has 2 aromatic heterocycles. The van der Waals surface area contributed by atoms with Crippen molar-refractivity contribution in [2.45, 2.75) is 72.6 Å². The summed E-state index contributed by atoms with van der Waals surface area (Å²) in [6.07, 6.45) is -3.62. The summed E-state index contributed by atoms with van der Waals surface area (Å²) in [6, 6.07) is 6.12. The van der Waals surface area contributed by atoms with Crippen LogP contribution in [0.2, 0.25) is 0 Å². The van der Waals surface area contributed by atoms with Crippen LogP contribution in [-0.2, 0) is 38.5 Å². The van der Waals surface area contributed by atoms with Gasteiger partial charge >= 0.3 is 21.3 Å². The molecule has 0 radical (unpaired) electrons. The van der Waals surface area contributed by atoms with Crippen molar-refractivity contribution in [1.82, 2.24) is 14.1 Å². The summed E-state index contributed by atoms with van der Waals surface area (Å²) in [4.78, 5) is 40.7. The van der Waals surface area contributed by atoms with Crippen molar-refractivity contribution in [3.63, 3.8) is 0 Å². The summed E-state index contributed by atoms with van der Waals surface area (Å²) in [6.45, 7) is 11.4. The number of ether oxygens (including phenoxy) is 1. The van der Waals surface area contributed by atoms with Crippen molar-refractivity contribution in [2.75, 3.05) is 45.9 Å². The standard InChI is InChI=1S/C27H46N5O12P2/c1-7-31(8-2,9-3)42-45(37,38)44-46(39,43-32(10-4,11-5)12-6)40-20-22-24(34)25(35)26(41-22)29-18-16-23(33)30(27(29)36)19-21-15-13-14-17-28-21/h13-18,22,24-26,34-35H,7-12,19-20H2,1-6H3/q+1/p+1/t22-,24?,25+,26-,46?/m1/s1. The molecule has 2 aromatic rings. The van der Waals surface area contributed by atoms with Gasteiger partial charge in [0.25, 0.3) is 5.56 Å². The molecule has 0 bridgehead atoms. The zero-order valence-electron chi connectivity index (χ0n) is 27.1. The molecule has 46 heavy (non-hydrogen) atoms. The lowest BCUT2D eigenvalue weighted by Gasteiger charge is -2.36. The Morgan fingerprint density at radius 2 is 1.48 bits per heavy atom. The third-order valence-electron chi connectivity index (χ3n) is 8.36. The van der Waals surface area contributed by atoms with E-state index in [1.807, 2.05) is 0 Å². The molecule has 0 aliphatic carbocycles. The summed E-state index contributed by atoms with van der Waals surface area (Å²) in [5.74, 6) is 0. The van der Waals surface area contributed by atoms with Crippen LogP contribution in [-0.4, -0.2) is 103 Å². The third-order valence-corrected chi connectivity index (χ3v) is 11.6. The fraction of sp³-hybridized carbons (Fsp3) is 0.667. The van der Waals surface area contributed by atoms with E-state index in [4.69, 9.17) is 22.8 Å². The first-order chi connectivity index (χ1) is 21.7. The van der Waals surface area contributed by atoms with Gasteiger partial charge in [0, 0.05) is 18.5 Å². The summed E-state index contributed by atoms with van der Waals surface area (Å²) in [5, 5.41) is 21.7. The van der Waals surface area contributed by atoms with Crippen LogP contribution in [0.1, 0.15) is 53.5 Å². The van der Waals surface area contributed by atoms with Crippen LogP contribution < -0.4 is 11.2 Å². The Morgan fingerprint density at radius 3 is 2.02 bits per heavy atom. The van der Waals surface area contributed by atoms with Crippen LogP contribution in [0.15, 0.2) is 46.2 Å². The monoisotopic (exact) mass is 695 g/mol. The normalized spacial score (nSPS) is 23.2. The molecule has 3 unspecified atom stereocenters. The summed E-state index contributed by atoms with van der Waals surface area (Å²) >= 11 is 0. The van der Waals surface area contributed by atoms with Gasteiger partial charge in [-0.25, -0.2) is 13.9 Å². The Labute approximate surface area is 267 Å². The maximum Gasteiger partial charge on any atom is 0.530 e. The van der Waals surface area contributed by atoms with E-state index in [0.29, 0.717) is 45.0 Å². The smallest absolute Gasteiger partial charge is 0.387 e. The second-order valence-electron chi connectivity index (χ2n) is 10.8. The summed E-state index contributed by atoms with van der Waals surface area (Å²) in [7, 11) is -10.0. The van der Waals surface area contributed by atoms with Gasteiger partial charge in [-0.2, -0.15) is 13.6 Å². The fourth-order valence-electron chi connectivity index (χ4n) is 5.11. The molecule has 1 aliphatic heterocycles. The number of pyridine rings is 1. The molecule has 0 spiro atoms. The number of aromatic nitrogens is 3. The molecule has 6 atom stereocenters. The molecule has 1 fully saturated rings. The topological polar surface area (TPSA) is 198 Å². The minimum Gasteiger partial charge on any atom is -0.387 e. The molecule has 19 heteroatoms. The summed E-state index contributed by atoms with van der Waals surface area (Å²) in [5.41, 5.74) is -1.02. The van der Waals surface area contributed by atoms with Gasteiger partial charge in [-0.05, 0) is 53.7 Å². The van der Waals surface area contributed by atoms with E-state index in [-0.39, 0.29) is 15.8 Å². The molecule has 3 N–H and O–H groups in total. The molecule has 1 aliphatic rings. The van der Waals surface area contributed by atoms with Gasteiger partial charge < -0.3 is 14.9 Å². The molecular formula is C27H47N5O12P2+2.